The summed E-state index contributed by atoms with van der Waals surface area (Å²) in [7, 11) is 0. The van der Waals surface area contributed by atoms with Crippen molar-refractivity contribution in [3.05, 3.63) is 33.3 Å². The lowest BCUT2D eigenvalue weighted by atomic mass is 9.86. The first-order valence-electron chi connectivity index (χ1n) is 6.50. The van der Waals surface area contributed by atoms with Crippen molar-refractivity contribution in [2.24, 2.45) is 0 Å². The molecule has 0 spiro atoms. The number of carbonyl (C=O) groups excluding carboxylic acids is 1. The van der Waals surface area contributed by atoms with Crippen LogP contribution in [0, 0.1) is 0 Å². The molecule has 1 aromatic rings. The van der Waals surface area contributed by atoms with Gasteiger partial charge in [-0.05, 0) is 40.9 Å². The van der Waals surface area contributed by atoms with E-state index in [-0.39, 0.29) is 12.3 Å². The fourth-order valence-corrected chi connectivity index (χ4v) is 2.96. The number of nitrogens with one attached hydrogen (secondary N) is 1. The number of ether oxygens (including phenoxy) is 1. The first-order valence-corrected chi connectivity index (χ1v) is 7.67. The average molecular weight is 377 g/mol. The van der Waals surface area contributed by atoms with E-state index in [1.165, 1.54) is 0 Å². The SMILES string of the molecule is O=C(O)CC1(NC(=O)c2cccc(Br)c2Cl)CCOCC1. The van der Waals surface area contributed by atoms with Gasteiger partial charge in [-0.3, -0.25) is 9.59 Å². The predicted octanol–water partition coefficient (Wildman–Crippen LogP) is 2.86. The van der Waals surface area contributed by atoms with Crippen molar-refractivity contribution < 1.29 is 19.4 Å². The van der Waals surface area contributed by atoms with E-state index in [1.54, 1.807) is 18.2 Å². The molecule has 1 heterocycles. The molecule has 1 amide bonds. The first-order chi connectivity index (χ1) is 9.93. The normalized spacial score (nSPS) is 17.2. The number of hydrogen-bond donors (Lipinski definition) is 2. The second kappa shape index (κ2) is 6.77. The molecule has 1 aliphatic rings. The third-order valence-electron chi connectivity index (χ3n) is 3.51. The number of carboxylic acid groups (broad SMARTS) is 1. The molecule has 1 saturated heterocycles. The number of halogens is 2. The van der Waals surface area contributed by atoms with Crippen molar-refractivity contribution in [1.82, 2.24) is 5.32 Å². The van der Waals surface area contributed by atoms with Gasteiger partial charge in [0.25, 0.3) is 5.91 Å². The van der Waals surface area contributed by atoms with Gasteiger partial charge in [0, 0.05) is 17.7 Å². The maximum absolute atomic E-state index is 12.4. The molecule has 0 bridgehead atoms. The van der Waals surface area contributed by atoms with E-state index in [1.807, 2.05) is 0 Å². The number of benzene rings is 1. The maximum Gasteiger partial charge on any atom is 0.305 e. The van der Waals surface area contributed by atoms with Gasteiger partial charge in [0.1, 0.15) is 0 Å². The lowest BCUT2D eigenvalue weighted by molar-refractivity contribution is -0.139. The molecule has 0 radical (unpaired) electrons. The highest BCUT2D eigenvalue weighted by atomic mass is 79.9. The molecule has 0 saturated carbocycles. The summed E-state index contributed by atoms with van der Waals surface area (Å²) in [6.45, 7) is 0.861. The second-order valence-corrected chi connectivity index (χ2v) is 6.25. The van der Waals surface area contributed by atoms with Crippen molar-refractivity contribution in [1.29, 1.82) is 0 Å². The molecule has 2 rings (SSSR count). The molecule has 21 heavy (non-hydrogen) atoms. The fraction of sp³-hybridized carbons (Fsp3) is 0.429. The molecule has 5 nitrogen and oxygen atoms in total. The van der Waals surface area contributed by atoms with E-state index in [2.05, 4.69) is 21.2 Å². The summed E-state index contributed by atoms with van der Waals surface area (Å²) >= 11 is 9.38. The summed E-state index contributed by atoms with van der Waals surface area (Å²) in [4.78, 5) is 23.5. The van der Waals surface area contributed by atoms with Crippen LogP contribution in [-0.4, -0.2) is 35.7 Å². The third-order valence-corrected chi connectivity index (χ3v) is 4.81. The van der Waals surface area contributed by atoms with E-state index in [0.717, 1.165) is 0 Å². The molecule has 1 aliphatic heterocycles. The Labute approximate surface area is 135 Å². The molecule has 114 valence electrons. The minimum absolute atomic E-state index is 0.131. The van der Waals surface area contributed by atoms with Gasteiger partial charge in [0.05, 0.1) is 22.5 Å². The molecule has 0 unspecified atom stereocenters. The summed E-state index contributed by atoms with van der Waals surface area (Å²) in [5, 5.41) is 12.2. The molecule has 0 aliphatic carbocycles. The number of rotatable bonds is 4. The lowest BCUT2D eigenvalue weighted by Gasteiger charge is -2.36. The van der Waals surface area contributed by atoms with Gasteiger partial charge in [0.2, 0.25) is 0 Å². The van der Waals surface area contributed by atoms with Gasteiger partial charge >= 0.3 is 5.97 Å². The van der Waals surface area contributed by atoms with Crippen LogP contribution in [0.1, 0.15) is 29.6 Å². The third kappa shape index (κ3) is 3.96. The van der Waals surface area contributed by atoms with Crippen LogP contribution in [0.4, 0.5) is 0 Å². The fourth-order valence-electron chi connectivity index (χ4n) is 2.38. The van der Waals surface area contributed by atoms with Gasteiger partial charge in [-0.2, -0.15) is 0 Å². The summed E-state index contributed by atoms with van der Waals surface area (Å²) in [6, 6.07) is 5.05. The van der Waals surface area contributed by atoms with Crippen LogP contribution in [0.15, 0.2) is 22.7 Å². The van der Waals surface area contributed by atoms with Crippen molar-refractivity contribution >= 4 is 39.4 Å². The van der Waals surface area contributed by atoms with E-state index >= 15 is 0 Å². The average Bonchev–Trinajstić information content (AvgIpc) is 2.41. The van der Waals surface area contributed by atoms with Gasteiger partial charge in [-0.25, -0.2) is 0 Å². The molecule has 2 N–H and O–H groups in total. The van der Waals surface area contributed by atoms with Crippen LogP contribution in [0.5, 0.6) is 0 Å². The summed E-state index contributed by atoms with van der Waals surface area (Å²) in [5.41, 5.74) is -0.463. The Balaban J connectivity index is 2.21. The molecular weight excluding hydrogens is 362 g/mol. The lowest BCUT2D eigenvalue weighted by Crippen LogP contribution is -2.53. The van der Waals surface area contributed by atoms with Crippen molar-refractivity contribution in [3.63, 3.8) is 0 Å². The van der Waals surface area contributed by atoms with Crippen LogP contribution in [0.3, 0.4) is 0 Å². The minimum atomic E-state index is -0.947. The Kier molecular flexibility index (Phi) is 5.24. The van der Waals surface area contributed by atoms with Crippen molar-refractivity contribution in [2.75, 3.05) is 13.2 Å². The summed E-state index contributed by atoms with van der Waals surface area (Å²) in [6.07, 6.45) is 0.807. The summed E-state index contributed by atoms with van der Waals surface area (Å²) < 4.78 is 5.88. The Hall–Kier alpha value is -1.11. The highest BCUT2D eigenvalue weighted by Gasteiger charge is 2.37. The van der Waals surface area contributed by atoms with E-state index in [9.17, 15) is 9.59 Å². The second-order valence-electron chi connectivity index (χ2n) is 5.02. The van der Waals surface area contributed by atoms with Crippen LogP contribution in [0.2, 0.25) is 5.02 Å². The molecule has 1 fully saturated rings. The number of amides is 1. The summed E-state index contributed by atoms with van der Waals surface area (Å²) in [5.74, 6) is -1.32. The standard InChI is InChI=1S/C14H15BrClNO4/c15-10-3-1-2-9(12(10)16)13(20)17-14(8-11(18)19)4-6-21-7-5-14/h1-3H,4-8H2,(H,17,20)(H,18,19). The van der Waals surface area contributed by atoms with Crippen LogP contribution >= 0.6 is 27.5 Å². The Morgan fingerprint density at radius 2 is 2.05 bits per heavy atom. The largest absolute Gasteiger partial charge is 0.481 e. The van der Waals surface area contributed by atoms with E-state index in [4.69, 9.17) is 21.4 Å². The van der Waals surface area contributed by atoms with Crippen molar-refractivity contribution in [3.8, 4) is 0 Å². The van der Waals surface area contributed by atoms with Gasteiger partial charge < -0.3 is 15.2 Å². The molecule has 7 heteroatoms. The number of carbonyl (C=O) groups is 2. The molecule has 0 atom stereocenters. The first kappa shape index (κ1) is 16.3. The van der Waals surface area contributed by atoms with Gasteiger partial charge in [-0.15, -0.1) is 0 Å². The molecule has 1 aromatic carbocycles. The highest BCUT2D eigenvalue weighted by molar-refractivity contribution is 9.10. The predicted molar refractivity (Wildman–Crippen MR) is 81.7 cm³/mol. The Bertz CT molecular complexity index is 558. The van der Waals surface area contributed by atoms with Crippen LogP contribution in [-0.2, 0) is 9.53 Å². The van der Waals surface area contributed by atoms with Gasteiger partial charge in [0.15, 0.2) is 0 Å². The quantitative estimate of drug-likeness (QED) is 0.847. The highest BCUT2D eigenvalue weighted by Crippen LogP contribution is 2.29. The number of hydrogen-bond acceptors (Lipinski definition) is 3. The zero-order valence-electron chi connectivity index (χ0n) is 11.2. The minimum Gasteiger partial charge on any atom is -0.481 e. The maximum atomic E-state index is 12.4. The topological polar surface area (TPSA) is 75.6 Å². The monoisotopic (exact) mass is 375 g/mol. The smallest absolute Gasteiger partial charge is 0.305 e. The molecule has 0 aromatic heterocycles. The Morgan fingerprint density at radius 1 is 1.38 bits per heavy atom. The van der Waals surface area contributed by atoms with Gasteiger partial charge in [-0.1, -0.05) is 17.7 Å². The number of carboxylic acids is 1. The molecular formula is C14H15BrClNO4. The van der Waals surface area contributed by atoms with Crippen molar-refractivity contribution in [2.45, 2.75) is 24.8 Å². The van der Waals surface area contributed by atoms with E-state index in [0.29, 0.717) is 41.1 Å². The Morgan fingerprint density at radius 3 is 2.67 bits per heavy atom. The zero-order chi connectivity index (χ0) is 15.5. The number of aliphatic carboxylic acids is 1. The van der Waals surface area contributed by atoms with E-state index < -0.39 is 11.5 Å². The van der Waals surface area contributed by atoms with Crippen LogP contribution < -0.4 is 5.32 Å². The van der Waals surface area contributed by atoms with Crippen LogP contribution in [0.25, 0.3) is 0 Å². The zero-order valence-corrected chi connectivity index (χ0v) is 13.5.